The molecule has 3 heterocycles. The Morgan fingerprint density at radius 2 is 1.72 bits per heavy atom. The van der Waals surface area contributed by atoms with E-state index in [4.69, 9.17) is 4.42 Å². The van der Waals surface area contributed by atoms with Crippen LogP contribution in [-0.2, 0) is 0 Å². The first-order valence-electron chi connectivity index (χ1n) is 8.34. The van der Waals surface area contributed by atoms with Crippen LogP contribution in [0.3, 0.4) is 0 Å². The molecule has 122 valence electrons. The maximum absolute atomic E-state index is 12.9. The van der Waals surface area contributed by atoms with Gasteiger partial charge in [-0.15, -0.1) is 0 Å². The van der Waals surface area contributed by atoms with E-state index in [1.54, 1.807) is 12.1 Å². The van der Waals surface area contributed by atoms with Gasteiger partial charge in [0, 0.05) is 23.6 Å². The van der Waals surface area contributed by atoms with Gasteiger partial charge in [-0.05, 0) is 35.4 Å². The van der Waals surface area contributed by atoms with Crippen LogP contribution in [0.5, 0.6) is 0 Å². The first kappa shape index (κ1) is 14.2. The van der Waals surface area contributed by atoms with E-state index in [9.17, 15) is 9.59 Å². The van der Waals surface area contributed by atoms with Crippen molar-refractivity contribution in [3.05, 3.63) is 89.4 Å². The molecular weight excluding hydrogens is 314 g/mol. The number of fused-ring (bicyclic) bond motifs is 5. The van der Waals surface area contributed by atoms with E-state index in [1.807, 2.05) is 53.4 Å². The van der Waals surface area contributed by atoms with Gasteiger partial charge in [-0.3, -0.25) is 14.5 Å². The Hall–Kier alpha value is -3.14. The number of para-hydroxylation sites is 1. The molecule has 3 aromatic rings. The van der Waals surface area contributed by atoms with Gasteiger partial charge < -0.3 is 4.42 Å². The lowest BCUT2D eigenvalue weighted by Gasteiger charge is -2.21. The number of rotatable bonds is 3. The van der Waals surface area contributed by atoms with Gasteiger partial charge in [-0.25, -0.2) is 0 Å². The number of furan rings is 1. The summed E-state index contributed by atoms with van der Waals surface area (Å²) in [6, 6.07) is 18.8. The Morgan fingerprint density at radius 3 is 2.52 bits per heavy atom. The third kappa shape index (κ3) is 1.94. The highest BCUT2D eigenvalue weighted by molar-refractivity contribution is 6.13. The Morgan fingerprint density at radius 1 is 0.960 bits per heavy atom. The highest BCUT2D eigenvalue weighted by atomic mass is 16.3. The second-order valence-corrected chi connectivity index (χ2v) is 6.48. The molecule has 0 spiro atoms. The maximum Gasteiger partial charge on any atom is 0.259 e. The lowest BCUT2D eigenvalue weighted by molar-refractivity contribution is 0.0935. The van der Waals surface area contributed by atoms with Crippen molar-refractivity contribution in [2.75, 3.05) is 4.90 Å². The molecule has 2 atom stereocenters. The zero-order chi connectivity index (χ0) is 17.0. The molecule has 0 aliphatic carbocycles. The summed E-state index contributed by atoms with van der Waals surface area (Å²) in [6.07, 6.45) is 1.82. The summed E-state index contributed by atoms with van der Waals surface area (Å²) in [6.45, 7) is 0. The van der Waals surface area contributed by atoms with Gasteiger partial charge in [-0.2, -0.15) is 0 Å². The van der Waals surface area contributed by atoms with Crippen LogP contribution in [0.4, 0.5) is 5.69 Å². The van der Waals surface area contributed by atoms with Gasteiger partial charge in [-0.1, -0.05) is 36.4 Å². The summed E-state index contributed by atoms with van der Waals surface area (Å²) < 4.78 is 5.27. The van der Waals surface area contributed by atoms with Gasteiger partial charge in [0.05, 0.1) is 12.3 Å². The summed E-state index contributed by atoms with van der Waals surface area (Å²) in [5, 5.41) is 0. The number of anilines is 1. The predicted molar refractivity (Wildman–Crippen MR) is 92.8 cm³/mol. The fourth-order valence-electron chi connectivity index (χ4n) is 4.15. The van der Waals surface area contributed by atoms with Crippen molar-refractivity contribution in [1.82, 2.24) is 0 Å². The molecule has 0 bridgehead atoms. The second-order valence-electron chi connectivity index (χ2n) is 6.48. The fourth-order valence-corrected chi connectivity index (χ4v) is 4.15. The molecule has 1 amide bonds. The average molecular weight is 329 g/mol. The van der Waals surface area contributed by atoms with E-state index in [-0.39, 0.29) is 23.7 Å². The van der Waals surface area contributed by atoms with E-state index in [2.05, 4.69) is 0 Å². The van der Waals surface area contributed by atoms with Gasteiger partial charge in [0.15, 0.2) is 11.5 Å². The first-order chi connectivity index (χ1) is 12.3. The number of carbonyl (C=O) groups is 2. The lowest BCUT2D eigenvalue weighted by Crippen LogP contribution is -2.25. The van der Waals surface area contributed by atoms with Crippen molar-refractivity contribution in [3.63, 3.8) is 0 Å². The number of hydrogen-bond acceptors (Lipinski definition) is 3. The molecule has 1 aromatic heterocycles. The third-order valence-electron chi connectivity index (χ3n) is 5.19. The minimum absolute atomic E-state index is 0.0148. The number of carbonyl (C=O) groups excluding carboxylic acids is 2. The van der Waals surface area contributed by atoms with Crippen molar-refractivity contribution >= 4 is 17.4 Å². The number of ketones is 1. The molecule has 25 heavy (non-hydrogen) atoms. The standard InChI is InChI=1S/C21H15NO3/c23-18(19-10-5-11-25-19)12-16-13-6-3-4-9-17(13)22-20(16)14-7-1-2-8-15(14)21(22)24/h1-11,16,20H,12H2/t16-,20-/m1/s1. The van der Waals surface area contributed by atoms with Crippen molar-refractivity contribution in [2.24, 2.45) is 0 Å². The lowest BCUT2D eigenvalue weighted by atomic mass is 9.85. The SMILES string of the molecule is O=C(C[C@@H]1c2ccccc2N2C(=O)c3ccccc3[C@H]12)c1ccco1. The molecule has 2 aromatic carbocycles. The van der Waals surface area contributed by atoms with Gasteiger partial charge in [0.2, 0.25) is 0 Å². The second kappa shape index (κ2) is 5.18. The molecular formula is C21H15NO3. The Labute approximate surface area is 144 Å². The molecule has 0 unspecified atom stereocenters. The van der Waals surface area contributed by atoms with Crippen molar-refractivity contribution < 1.29 is 14.0 Å². The van der Waals surface area contributed by atoms with E-state index >= 15 is 0 Å². The number of hydrogen-bond donors (Lipinski definition) is 0. The predicted octanol–water partition coefficient (Wildman–Crippen LogP) is 4.35. The highest BCUT2D eigenvalue weighted by Crippen LogP contribution is 2.55. The monoisotopic (exact) mass is 329 g/mol. The van der Waals surface area contributed by atoms with Crippen molar-refractivity contribution in [2.45, 2.75) is 18.4 Å². The smallest absolute Gasteiger partial charge is 0.259 e. The quantitative estimate of drug-likeness (QED) is 0.671. The first-order valence-corrected chi connectivity index (χ1v) is 8.34. The number of benzene rings is 2. The minimum atomic E-state index is -0.125. The van der Waals surface area contributed by atoms with Crippen LogP contribution in [0.15, 0.2) is 71.3 Å². The van der Waals surface area contributed by atoms with Crippen LogP contribution in [0.2, 0.25) is 0 Å². The molecule has 5 rings (SSSR count). The summed E-state index contributed by atoms with van der Waals surface area (Å²) in [5.74, 6) is 0.277. The zero-order valence-corrected chi connectivity index (χ0v) is 13.4. The van der Waals surface area contributed by atoms with E-state index < -0.39 is 0 Å². The Kier molecular flexibility index (Phi) is 2.95. The Balaban J connectivity index is 1.62. The summed E-state index contributed by atoms with van der Waals surface area (Å²) in [7, 11) is 0. The van der Waals surface area contributed by atoms with E-state index in [1.165, 1.54) is 6.26 Å². The van der Waals surface area contributed by atoms with Crippen LogP contribution >= 0.6 is 0 Å². The van der Waals surface area contributed by atoms with Crippen LogP contribution in [0.1, 0.15) is 50.4 Å². The molecule has 0 saturated heterocycles. The van der Waals surface area contributed by atoms with Crippen molar-refractivity contribution in [3.8, 4) is 0 Å². The largest absolute Gasteiger partial charge is 0.461 e. The topological polar surface area (TPSA) is 50.5 Å². The third-order valence-corrected chi connectivity index (χ3v) is 5.19. The van der Waals surface area contributed by atoms with Crippen LogP contribution in [0.25, 0.3) is 0 Å². The minimum Gasteiger partial charge on any atom is -0.461 e. The summed E-state index contributed by atoms with van der Waals surface area (Å²) in [4.78, 5) is 27.4. The summed E-state index contributed by atoms with van der Waals surface area (Å²) in [5.41, 5.74) is 3.69. The number of Topliss-reactive ketones (excluding diaryl/α,β-unsaturated/α-hetero) is 1. The highest BCUT2D eigenvalue weighted by Gasteiger charge is 2.49. The van der Waals surface area contributed by atoms with Crippen LogP contribution < -0.4 is 4.90 Å². The molecule has 0 fully saturated rings. The number of nitrogens with zero attached hydrogens (tertiary/aromatic N) is 1. The molecule has 0 radical (unpaired) electrons. The summed E-state index contributed by atoms with van der Waals surface area (Å²) >= 11 is 0. The maximum atomic E-state index is 12.9. The molecule has 0 N–H and O–H groups in total. The molecule has 0 saturated carbocycles. The van der Waals surface area contributed by atoms with Gasteiger partial charge >= 0.3 is 0 Å². The van der Waals surface area contributed by atoms with Gasteiger partial charge in [0.25, 0.3) is 5.91 Å². The van der Waals surface area contributed by atoms with Crippen LogP contribution in [-0.4, -0.2) is 11.7 Å². The number of amides is 1. The molecule has 2 aliphatic heterocycles. The van der Waals surface area contributed by atoms with Crippen molar-refractivity contribution in [1.29, 1.82) is 0 Å². The Bertz CT molecular complexity index is 990. The zero-order valence-electron chi connectivity index (χ0n) is 13.4. The molecule has 2 aliphatic rings. The van der Waals surface area contributed by atoms with Gasteiger partial charge in [0.1, 0.15) is 0 Å². The fraction of sp³-hybridized carbons (Fsp3) is 0.143. The molecule has 4 heteroatoms. The van der Waals surface area contributed by atoms with Crippen LogP contribution in [0, 0.1) is 0 Å². The average Bonchev–Trinajstić information content (AvgIpc) is 3.34. The molecule has 4 nitrogen and oxygen atoms in total. The van der Waals surface area contributed by atoms with E-state index in [0.717, 1.165) is 22.4 Å². The normalized spacial score (nSPS) is 20.3. The van der Waals surface area contributed by atoms with E-state index in [0.29, 0.717) is 12.2 Å².